The van der Waals surface area contributed by atoms with Crippen LogP contribution in [0, 0.1) is 5.92 Å². The Hall–Kier alpha value is -0.350. The maximum Gasteiger partial charge on any atom is 0.416 e. The van der Waals surface area contributed by atoms with E-state index in [0.717, 1.165) is 18.2 Å². The second-order valence-corrected chi connectivity index (χ2v) is 7.25. The average molecular weight is 421 g/mol. The third-order valence-electron chi connectivity index (χ3n) is 2.75. The van der Waals surface area contributed by atoms with Crippen LogP contribution in [0.15, 0.2) is 29.2 Å². The van der Waals surface area contributed by atoms with Crippen LogP contribution in [0.2, 0.25) is 0 Å². The summed E-state index contributed by atoms with van der Waals surface area (Å²) >= 11 is 2.04. The van der Waals surface area contributed by atoms with Crippen molar-refractivity contribution >= 4 is 32.6 Å². The minimum Gasteiger partial charge on any atom is -0.207 e. The van der Waals surface area contributed by atoms with Gasteiger partial charge in [-0.05, 0) is 24.1 Å². The largest absolute Gasteiger partial charge is 0.416 e. The van der Waals surface area contributed by atoms with Crippen molar-refractivity contribution in [2.24, 2.45) is 5.92 Å². The number of hydrogen-bond donors (Lipinski definition) is 1. The molecular formula is C12H15F3INO2S. The Balaban J connectivity index is 3.10. The first kappa shape index (κ1) is 17.7. The molecule has 20 heavy (non-hydrogen) atoms. The predicted octanol–water partition coefficient (Wildman–Crippen LogP) is 3.44. The van der Waals surface area contributed by atoms with Gasteiger partial charge in [0.2, 0.25) is 10.0 Å². The molecule has 0 aliphatic carbocycles. The van der Waals surface area contributed by atoms with Crippen molar-refractivity contribution in [3.63, 3.8) is 0 Å². The van der Waals surface area contributed by atoms with Gasteiger partial charge in [0.05, 0.1) is 10.5 Å². The summed E-state index contributed by atoms with van der Waals surface area (Å²) in [6, 6.07) is 3.41. The number of alkyl halides is 4. The molecule has 0 aromatic heterocycles. The van der Waals surface area contributed by atoms with Gasteiger partial charge in [0.15, 0.2) is 0 Å². The molecule has 114 valence electrons. The van der Waals surface area contributed by atoms with Gasteiger partial charge in [0.1, 0.15) is 0 Å². The van der Waals surface area contributed by atoms with Crippen LogP contribution < -0.4 is 4.72 Å². The fraction of sp³-hybridized carbons (Fsp3) is 0.500. The molecule has 1 aromatic rings. The van der Waals surface area contributed by atoms with E-state index >= 15 is 0 Å². The first-order chi connectivity index (χ1) is 9.08. The summed E-state index contributed by atoms with van der Waals surface area (Å²) < 4.78 is 65.0. The third kappa shape index (κ3) is 4.59. The molecule has 0 bridgehead atoms. The second-order valence-electron chi connectivity index (χ2n) is 4.65. The average Bonchev–Trinajstić information content (AvgIpc) is 2.35. The van der Waals surface area contributed by atoms with Crippen molar-refractivity contribution in [3.05, 3.63) is 29.8 Å². The lowest BCUT2D eigenvalue weighted by atomic mass is 10.1. The lowest BCUT2D eigenvalue weighted by molar-refractivity contribution is -0.137. The van der Waals surface area contributed by atoms with Gasteiger partial charge in [-0.1, -0.05) is 42.5 Å². The van der Waals surface area contributed by atoms with Crippen molar-refractivity contribution in [2.75, 3.05) is 4.43 Å². The van der Waals surface area contributed by atoms with Crippen molar-refractivity contribution < 1.29 is 21.6 Å². The van der Waals surface area contributed by atoms with Crippen LogP contribution in [0.3, 0.4) is 0 Å². The molecule has 1 N–H and O–H groups in total. The van der Waals surface area contributed by atoms with Crippen LogP contribution in [0.5, 0.6) is 0 Å². The Labute approximate surface area is 130 Å². The molecular weight excluding hydrogens is 406 g/mol. The Morgan fingerprint density at radius 3 is 2.35 bits per heavy atom. The van der Waals surface area contributed by atoms with E-state index in [1.54, 1.807) is 0 Å². The summed E-state index contributed by atoms with van der Waals surface area (Å²) in [6.45, 7) is 3.69. The van der Waals surface area contributed by atoms with Crippen molar-refractivity contribution in [1.82, 2.24) is 4.72 Å². The molecule has 3 nitrogen and oxygen atoms in total. The summed E-state index contributed by atoms with van der Waals surface area (Å²) in [5.74, 6) is 0.0486. The molecule has 0 radical (unpaired) electrons. The molecule has 0 fully saturated rings. The highest BCUT2D eigenvalue weighted by molar-refractivity contribution is 14.1. The summed E-state index contributed by atoms with van der Waals surface area (Å²) in [7, 11) is -3.95. The Morgan fingerprint density at radius 1 is 1.30 bits per heavy atom. The van der Waals surface area contributed by atoms with E-state index in [2.05, 4.69) is 4.72 Å². The van der Waals surface area contributed by atoms with E-state index in [-0.39, 0.29) is 16.9 Å². The minimum absolute atomic E-state index is 0.0486. The van der Waals surface area contributed by atoms with E-state index in [1.165, 1.54) is 0 Å². The van der Waals surface area contributed by atoms with Gasteiger partial charge in [-0.25, -0.2) is 13.1 Å². The number of benzene rings is 1. The molecule has 1 atom stereocenters. The van der Waals surface area contributed by atoms with Crippen LogP contribution in [-0.2, 0) is 16.2 Å². The first-order valence-corrected chi connectivity index (χ1v) is 8.84. The zero-order valence-corrected chi connectivity index (χ0v) is 13.9. The minimum atomic E-state index is -4.56. The van der Waals surface area contributed by atoms with Gasteiger partial charge in [0.25, 0.3) is 0 Å². The topological polar surface area (TPSA) is 46.2 Å². The summed E-state index contributed by atoms with van der Waals surface area (Å²) in [6.07, 6.45) is -4.56. The molecule has 8 heteroatoms. The molecule has 1 rings (SSSR count). The molecule has 0 heterocycles. The highest BCUT2D eigenvalue weighted by Gasteiger charge is 2.32. The number of hydrogen-bond acceptors (Lipinski definition) is 2. The molecule has 0 saturated heterocycles. The fourth-order valence-electron chi connectivity index (χ4n) is 1.45. The maximum atomic E-state index is 12.6. The molecule has 0 amide bonds. The number of nitrogens with one attached hydrogen (secondary N) is 1. The smallest absolute Gasteiger partial charge is 0.207 e. The normalized spacial score (nSPS) is 14.6. The SMILES string of the molecule is CC(C)C(CI)NS(=O)(=O)c1cccc(C(F)(F)F)c1. The molecule has 0 saturated carbocycles. The van der Waals surface area contributed by atoms with E-state index in [1.807, 2.05) is 36.4 Å². The van der Waals surface area contributed by atoms with Crippen LogP contribution in [0.1, 0.15) is 19.4 Å². The molecule has 0 aliphatic heterocycles. The second kappa shape index (κ2) is 6.61. The third-order valence-corrected chi connectivity index (χ3v) is 5.19. The molecule has 0 aliphatic rings. The Bertz CT molecular complexity index is 558. The van der Waals surface area contributed by atoms with Crippen LogP contribution in [-0.4, -0.2) is 18.9 Å². The zero-order chi connectivity index (χ0) is 15.6. The van der Waals surface area contributed by atoms with Gasteiger partial charge < -0.3 is 0 Å². The van der Waals surface area contributed by atoms with E-state index in [9.17, 15) is 21.6 Å². The van der Waals surface area contributed by atoms with Crippen molar-refractivity contribution in [3.8, 4) is 0 Å². The first-order valence-electron chi connectivity index (χ1n) is 5.83. The Morgan fingerprint density at radius 2 is 1.90 bits per heavy atom. The number of rotatable bonds is 5. The maximum absolute atomic E-state index is 12.6. The summed E-state index contributed by atoms with van der Waals surface area (Å²) in [4.78, 5) is -0.372. The van der Waals surface area contributed by atoms with Gasteiger partial charge in [-0.3, -0.25) is 0 Å². The summed E-state index contributed by atoms with van der Waals surface area (Å²) in [5, 5.41) is 0. The fourth-order valence-corrected chi connectivity index (χ4v) is 4.42. The highest BCUT2D eigenvalue weighted by atomic mass is 127. The quantitative estimate of drug-likeness (QED) is 0.585. The van der Waals surface area contributed by atoms with Gasteiger partial charge in [-0.15, -0.1) is 0 Å². The monoisotopic (exact) mass is 421 g/mol. The summed E-state index contributed by atoms with van der Waals surface area (Å²) in [5.41, 5.74) is -0.976. The molecule has 1 unspecified atom stereocenters. The van der Waals surface area contributed by atoms with Crippen LogP contribution in [0.4, 0.5) is 13.2 Å². The highest BCUT2D eigenvalue weighted by Crippen LogP contribution is 2.30. The Kier molecular flexibility index (Phi) is 5.85. The van der Waals surface area contributed by atoms with Crippen molar-refractivity contribution in [2.45, 2.75) is 31.0 Å². The van der Waals surface area contributed by atoms with Gasteiger partial charge in [-0.2, -0.15) is 13.2 Å². The predicted molar refractivity (Wildman–Crippen MR) is 79.3 cm³/mol. The lowest BCUT2D eigenvalue weighted by Gasteiger charge is -2.20. The van der Waals surface area contributed by atoms with E-state index in [0.29, 0.717) is 10.5 Å². The van der Waals surface area contributed by atoms with Gasteiger partial charge >= 0.3 is 6.18 Å². The van der Waals surface area contributed by atoms with Gasteiger partial charge in [0, 0.05) is 10.5 Å². The van der Waals surface area contributed by atoms with Crippen molar-refractivity contribution in [1.29, 1.82) is 0 Å². The van der Waals surface area contributed by atoms with Crippen LogP contribution in [0.25, 0.3) is 0 Å². The molecule has 0 spiro atoms. The lowest BCUT2D eigenvalue weighted by Crippen LogP contribution is -2.39. The van der Waals surface area contributed by atoms with Crippen LogP contribution >= 0.6 is 22.6 Å². The van der Waals surface area contributed by atoms with E-state index in [4.69, 9.17) is 0 Å². The zero-order valence-electron chi connectivity index (χ0n) is 10.9. The standard InChI is InChI=1S/C12H15F3INO2S/c1-8(2)11(7-16)17-20(18,19)10-5-3-4-9(6-10)12(13,14)15/h3-6,8,11,17H,7H2,1-2H3. The van der Waals surface area contributed by atoms with E-state index < -0.39 is 21.8 Å². The number of halogens is 4. The number of sulfonamides is 1. The molecule has 1 aromatic carbocycles.